The van der Waals surface area contributed by atoms with Gasteiger partial charge in [-0.2, -0.15) is 0 Å². The second-order valence-electron chi connectivity index (χ2n) is 5.14. The van der Waals surface area contributed by atoms with E-state index in [0.717, 1.165) is 37.2 Å². The van der Waals surface area contributed by atoms with Gasteiger partial charge < -0.3 is 4.90 Å². The predicted octanol–water partition coefficient (Wildman–Crippen LogP) is 4.83. The molecule has 2 aromatic carbocycles. The Bertz CT molecular complexity index is 664. The van der Waals surface area contributed by atoms with Crippen molar-refractivity contribution in [3.63, 3.8) is 0 Å². The summed E-state index contributed by atoms with van der Waals surface area (Å²) in [5.74, 6) is -0.188. The van der Waals surface area contributed by atoms with Gasteiger partial charge in [0.25, 0.3) is 0 Å². The maximum Gasteiger partial charge on any atom is 0.147 e. The molecule has 108 valence electrons. The first kappa shape index (κ1) is 14.1. The largest absolute Gasteiger partial charge is 0.369 e. The van der Waals surface area contributed by atoms with Crippen LogP contribution in [0.4, 0.5) is 15.8 Å². The van der Waals surface area contributed by atoms with Gasteiger partial charge in [-0.1, -0.05) is 23.7 Å². The minimum Gasteiger partial charge on any atom is -0.369 e. The first-order chi connectivity index (χ1) is 10.2. The molecule has 0 atom stereocenters. The average Bonchev–Trinajstić information content (AvgIpc) is 2.99. The summed E-state index contributed by atoms with van der Waals surface area (Å²) in [4.78, 5) is 6.41. The molecule has 0 spiro atoms. The topological polar surface area (TPSA) is 15.6 Å². The zero-order valence-electron chi connectivity index (χ0n) is 11.6. The molecule has 1 saturated heterocycles. The highest BCUT2D eigenvalue weighted by atomic mass is 35.5. The molecule has 0 aliphatic carbocycles. The lowest BCUT2D eigenvalue weighted by molar-refractivity contribution is 0.623. The molecule has 1 aliphatic heterocycles. The van der Waals surface area contributed by atoms with E-state index in [-0.39, 0.29) is 5.82 Å². The zero-order chi connectivity index (χ0) is 14.7. The van der Waals surface area contributed by atoms with Crippen LogP contribution < -0.4 is 4.90 Å². The van der Waals surface area contributed by atoms with Crippen LogP contribution in [0.1, 0.15) is 18.4 Å². The van der Waals surface area contributed by atoms with Crippen LogP contribution in [0.2, 0.25) is 5.02 Å². The lowest BCUT2D eigenvalue weighted by Gasteiger charge is -2.18. The van der Waals surface area contributed by atoms with Gasteiger partial charge in [-0.3, -0.25) is 4.99 Å². The number of rotatable bonds is 3. The van der Waals surface area contributed by atoms with Crippen molar-refractivity contribution in [3.05, 3.63) is 58.9 Å². The van der Waals surface area contributed by atoms with Crippen molar-refractivity contribution in [2.45, 2.75) is 12.8 Å². The molecule has 2 nitrogen and oxygen atoms in total. The summed E-state index contributed by atoms with van der Waals surface area (Å²) < 4.78 is 14.2. The maximum absolute atomic E-state index is 14.2. The fraction of sp³-hybridized carbons (Fsp3) is 0.235. The number of hydrogen-bond donors (Lipinski definition) is 0. The summed E-state index contributed by atoms with van der Waals surface area (Å²) in [5, 5.41) is 0.639. The molecular formula is C17H16ClFN2. The monoisotopic (exact) mass is 302 g/mol. The van der Waals surface area contributed by atoms with Crippen molar-refractivity contribution < 1.29 is 4.39 Å². The van der Waals surface area contributed by atoms with E-state index in [0.29, 0.717) is 10.7 Å². The SMILES string of the molecule is Fc1cc(C=Nc2cccc(Cl)c2)ccc1N1CCCC1. The first-order valence-corrected chi connectivity index (χ1v) is 7.44. The molecule has 4 heteroatoms. The van der Waals surface area contributed by atoms with Crippen LogP contribution in [0.3, 0.4) is 0 Å². The minimum atomic E-state index is -0.188. The Morgan fingerprint density at radius 2 is 1.90 bits per heavy atom. The van der Waals surface area contributed by atoms with E-state index in [2.05, 4.69) is 9.89 Å². The van der Waals surface area contributed by atoms with Crippen LogP contribution in [-0.4, -0.2) is 19.3 Å². The standard InChI is InChI=1S/C17H16ClFN2/c18-14-4-3-5-15(11-14)20-12-13-6-7-17(16(19)10-13)21-8-1-2-9-21/h3-7,10-12H,1-2,8-9H2. The van der Waals surface area contributed by atoms with E-state index in [1.165, 1.54) is 6.07 Å². The van der Waals surface area contributed by atoms with Crippen LogP contribution in [0.5, 0.6) is 0 Å². The number of benzene rings is 2. The summed E-state index contributed by atoms with van der Waals surface area (Å²) in [5.41, 5.74) is 2.19. The van der Waals surface area contributed by atoms with E-state index >= 15 is 0 Å². The van der Waals surface area contributed by atoms with Gasteiger partial charge in [-0.25, -0.2) is 4.39 Å². The maximum atomic E-state index is 14.2. The summed E-state index contributed by atoms with van der Waals surface area (Å²) in [6.07, 6.45) is 3.93. The van der Waals surface area contributed by atoms with Gasteiger partial charge in [0.2, 0.25) is 0 Å². The second kappa shape index (κ2) is 6.27. The summed E-state index contributed by atoms with van der Waals surface area (Å²) in [6.45, 7) is 1.87. The predicted molar refractivity (Wildman–Crippen MR) is 86.6 cm³/mol. The lowest BCUT2D eigenvalue weighted by atomic mass is 10.2. The van der Waals surface area contributed by atoms with Crippen LogP contribution in [0.25, 0.3) is 0 Å². The molecule has 3 rings (SSSR count). The summed E-state index contributed by atoms with van der Waals surface area (Å²) in [6, 6.07) is 12.5. The smallest absolute Gasteiger partial charge is 0.147 e. The third-order valence-corrected chi connectivity index (χ3v) is 3.82. The fourth-order valence-electron chi connectivity index (χ4n) is 2.52. The van der Waals surface area contributed by atoms with Gasteiger partial charge in [0.15, 0.2) is 0 Å². The van der Waals surface area contributed by atoms with Crippen molar-refractivity contribution in [2.24, 2.45) is 4.99 Å². The molecule has 21 heavy (non-hydrogen) atoms. The van der Waals surface area contributed by atoms with Gasteiger partial charge in [-0.05, 0) is 48.7 Å². The van der Waals surface area contributed by atoms with E-state index < -0.39 is 0 Å². The minimum absolute atomic E-state index is 0.188. The molecule has 0 unspecified atom stereocenters. The molecule has 0 radical (unpaired) electrons. The molecular weight excluding hydrogens is 287 g/mol. The van der Waals surface area contributed by atoms with Crippen LogP contribution >= 0.6 is 11.6 Å². The quantitative estimate of drug-likeness (QED) is 0.741. The van der Waals surface area contributed by atoms with Crippen molar-refractivity contribution in [3.8, 4) is 0 Å². The highest BCUT2D eigenvalue weighted by Crippen LogP contribution is 2.24. The molecule has 1 fully saturated rings. The van der Waals surface area contributed by atoms with Crippen molar-refractivity contribution in [2.75, 3.05) is 18.0 Å². The third kappa shape index (κ3) is 3.42. The highest BCUT2D eigenvalue weighted by Gasteiger charge is 2.15. The Balaban J connectivity index is 1.78. The average molecular weight is 303 g/mol. The van der Waals surface area contributed by atoms with E-state index in [1.54, 1.807) is 18.3 Å². The second-order valence-corrected chi connectivity index (χ2v) is 5.58. The van der Waals surface area contributed by atoms with Gasteiger partial charge >= 0.3 is 0 Å². The fourth-order valence-corrected chi connectivity index (χ4v) is 2.71. The Kier molecular flexibility index (Phi) is 4.20. The van der Waals surface area contributed by atoms with E-state index in [1.807, 2.05) is 24.3 Å². The van der Waals surface area contributed by atoms with Crippen LogP contribution in [0, 0.1) is 5.82 Å². The van der Waals surface area contributed by atoms with Crippen molar-refractivity contribution in [1.29, 1.82) is 0 Å². The molecule has 2 aromatic rings. The Morgan fingerprint density at radius 3 is 2.62 bits per heavy atom. The molecule has 0 bridgehead atoms. The van der Waals surface area contributed by atoms with Gasteiger partial charge in [0.1, 0.15) is 5.82 Å². The number of aliphatic imine (C=N–C) groups is 1. The number of halogens is 2. The van der Waals surface area contributed by atoms with Crippen molar-refractivity contribution >= 4 is 29.2 Å². The third-order valence-electron chi connectivity index (χ3n) is 3.59. The Hall–Kier alpha value is -1.87. The molecule has 0 amide bonds. The van der Waals surface area contributed by atoms with Crippen LogP contribution in [0.15, 0.2) is 47.5 Å². The Labute approximate surface area is 128 Å². The van der Waals surface area contributed by atoms with Crippen LogP contribution in [-0.2, 0) is 0 Å². The summed E-state index contributed by atoms with van der Waals surface area (Å²) in [7, 11) is 0. The molecule has 0 N–H and O–H groups in total. The lowest BCUT2D eigenvalue weighted by Crippen LogP contribution is -2.18. The first-order valence-electron chi connectivity index (χ1n) is 7.06. The zero-order valence-corrected chi connectivity index (χ0v) is 12.4. The number of hydrogen-bond acceptors (Lipinski definition) is 2. The van der Waals surface area contributed by atoms with Gasteiger partial charge in [0.05, 0.1) is 11.4 Å². The molecule has 1 heterocycles. The van der Waals surface area contributed by atoms with Gasteiger partial charge in [-0.15, -0.1) is 0 Å². The molecule has 0 aromatic heterocycles. The van der Waals surface area contributed by atoms with Gasteiger partial charge in [0, 0.05) is 24.3 Å². The highest BCUT2D eigenvalue weighted by molar-refractivity contribution is 6.30. The normalized spacial score (nSPS) is 15.0. The molecule has 0 saturated carbocycles. The number of anilines is 1. The number of nitrogens with zero attached hydrogens (tertiary/aromatic N) is 2. The van der Waals surface area contributed by atoms with Crippen molar-refractivity contribution in [1.82, 2.24) is 0 Å². The molecule has 1 aliphatic rings. The Morgan fingerprint density at radius 1 is 1.10 bits per heavy atom. The summed E-state index contributed by atoms with van der Waals surface area (Å²) >= 11 is 5.91. The van der Waals surface area contributed by atoms with E-state index in [4.69, 9.17) is 11.6 Å². The van der Waals surface area contributed by atoms with E-state index in [9.17, 15) is 4.39 Å².